The summed E-state index contributed by atoms with van der Waals surface area (Å²) in [7, 11) is 0. The molecular formula is C19H20F3N3O6. The minimum Gasteiger partial charge on any atom is -0.481 e. The Morgan fingerprint density at radius 1 is 1.29 bits per heavy atom. The fraction of sp³-hybridized carbons (Fsp3) is 0.368. The first-order valence-corrected chi connectivity index (χ1v) is 8.92. The molecule has 1 aromatic heterocycles. The summed E-state index contributed by atoms with van der Waals surface area (Å²) in [6.45, 7) is 2.43. The van der Waals surface area contributed by atoms with Gasteiger partial charge in [-0.05, 0) is 12.5 Å². The van der Waals surface area contributed by atoms with Crippen molar-refractivity contribution in [2.24, 2.45) is 5.41 Å². The molecule has 1 aliphatic heterocycles. The van der Waals surface area contributed by atoms with E-state index in [1.165, 1.54) is 16.9 Å². The third kappa shape index (κ3) is 6.28. The molecule has 3 rings (SSSR count). The average Bonchev–Trinajstić information content (AvgIpc) is 3.06. The lowest BCUT2D eigenvalue weighted by molar-refractivity contribution is -0.192. The van der Waals surface area contributed by atoms with E-state index in [1.807, 2.05) is 30.3 Å². The van der Waals surface area contributed by atoms with Gasteiger partial charge in [-0.3, -0.25) is 9.59 Å². The summed E-state index contributed by atoms with van der Waals surface area (Å²) in [5, 5.41) is 23.7. The molecule has 1 saturated heterocycles. The number of ether oxygens (including phenoxy) is 1. The first-order chi connectivity index (χ1) is 14.4. The number of carboxylic acid groups (broad SMARTS) is 2. The quantitative estimate of drug-likeness (QED) is 0.638. The molecule has 0 radical (unpaired) electrons. The van der Waals surface area contributed by atoms with Crippen molar-refractivity contribution in [1.29, 1.82) is 0 Å². The van der Waals surface area contributed by atoms with Crippen molar-refractivity contribution in [3.8, 4) is 0 Å². The molecule has 1 fully saturated rings. The number of alkyl halides is 3. The van der Waals surface area contributed by atoms with Gasteiger partial charge in [-0.2, -0.15) is 18.3 Å². The van der Waals surface area contributed by atoms with Gasteiger partial charge in [0.25, 0.3) is 5.56 Å². The van der Waals surface area contributed by atoms with Crippen LogP contribution in [-0.4, -0.2) is 57.4 Å². The lowest BCUT2D eigenvalue weighted by atomic mass is 9.85. The van der Waals surface area contributed by atoms with E-state index in [0.29, 0.717) is 12.2 Å². The van der Waals surface area contributed by atoms with Crippen LogP contribution in [0.15, 0.2) is 47.4 Å². The Labute approximate surface area is 174 Å². The predicted octanol–water partition coefficient (Wildman–Crippen LogP) is 1.83. The minimum absolute atomic E-state index is 0.137. The molecule has 0 aliphatic carbocycles. The Morgan fingerprint density at radius 3 is 2.42 bits per heavy atom. The zero-order chi connectivity index (χ0) is 23.2. The molecule has 0 saturated carbocycles. The number of aliphatic carboxylic acids is 2. The molecule has 3 N–H and O–H groups in total. The summed E-state index contributed by atoms with van der Waals surface area (Å²) >= 11 is 0. The monoisotopic (exact) mass is 443 g/mol. The number of halogens is 3. The highest BCUT2D eigenvalue weighted by Crippen LogP contribution is 2.30. The van der Waals surface area contributed by atoms with Gasteiger partial charge < -0.3 is 20.3 Å². The van der Waals surface area contributed by atoms with Crippen LogP contribution >= 0.6 is 0 Å². The van der Waals surface area contributed by atoms with Gasteiger partial charge in [-0.1, -0.05) is 30.3 Å². The van der Waals surface area contributed by atoms with E-state index < -0.39 is 29.6 Å². The molecule has 0 bridgehead atoms. The molecule has 0 amide bonds. The van der Waals surface area contributed by atoms with Crippen LogP contribution in [0.25, 0.3) is 0 Å². The van der Waals surface area contributed by atoms with Crippen LogP contribution in [0.4, 0.5) is 18.9 Å². The Morgan fingerprint density at radius 2 is 1.90 bits per heavy atom. The van der Waals surface area contributed by atoms with Crippen LogP contribution in [0.5, 0.6) is 0 Å². The second-order valence-electron chi connectivity index (χ2n) is 6.96. The topological polar surface area (TPSA) is 131 Å². The number of hydrogen-bond donors (Lipinski definition) is 3. The van der Waals surface area contributed by atoms with Crippen molar-refractivity contribution in [1.82, 2.24) is 9.78 Å². The Kier molecular flexibility index (Phi) is 7.39. The van der Waals surface area contributed by atoms with E-state index in [0.717, 1.165) is 5.56 Å². The molecule has 2 aromatic rings. The molecule has 31 heavy (non-hydrogen) atoms. The lowest BCUT2D eigenvalue weighted by Crippen LogP contribution is -2.43. The van der Waals surface area contributed by atoms with Gasteiger partial charge in [0.05, 0.1) is 37.7 Å². The summed E-state index contributed by atoms with van der Waals surface area (Å²) in [6.07, 6.45) is -3.55. The number of nitrogens with one attached hydrogen (secondary N) is 1. The number of hydrogen-bond acceptors (Lipinski definition) is 6. The maximum Gasteiger partial charge on any atom is 0.490 e. The van der Waals surface area contributed by atoms with E-state index in [-0.39, 0.29) is 18.8 Å². The molecular weight excluding hydrogens is 423 g/mol. The number of carbonyl (C=O) groups is 2. The number of benzene rings is 1. The Hall–Kier alpha value is -3.41. The third-order valence-electron chi connectivity index (χ3n) is 4.57. The van der Waals surface area contributed by atoms with Gasteiger partial charge in [0.1, 0.15) is 5.41 Å². The smallest absolute Gasteiger partial charge is 0.481 e. The second kappa shape index (κ2) is 9.60. The SMILES string of the molecule is CC1(C(=O)O)COCC1Nc1cnn(Cc2ccccc2)c(=O)c1.O=C(O)C(F)(F)F. The van der Waals surface area contributed by atoms with Crippen LogP contribution in [0, 0.1) is 5.41 Å². The summed E-state index contributed by atoms with van der Waals surface area (Å²) in [4.78, 5) is 32.6. The van der Waals surface area contributed by atoms with Crippen molar-refractivity contribution in [2.75, 3.05) is 18.5 Å². The van der Waals surface area contributed by atoms with Gasteiger partial charge >= 0.3 is 18.1 Å². The first-order valence-electron chi connectivity index (χ1n) is 8.92. The van der Waals surface area contributed by atoms with Crippen molar-refractivity contribution < 1.29 is 37.7 Å². The zero-order valence-electron chi connectivity index (χ0n) is 16.3. The number of nitrogens with zero attached hydrogens (tertiary/aromatic N) is 2. The average molecular weight is 443 g/mol. The van der Waals surface area contributed by atoms with E-state index in [2.05, 4.69) is 10.4 Å². The molecule has 168 valence electrons. The van der Waals surface area contributed by atoms with Crippen molar-refractivity contribution in [2.45, 2.75) is 25.7 Å². The van der Waals surface area contributed by atoms with Crippen molar-refractivity contribution >= 4 is 17.6 Å². The van der Waals surface area contributed by atoms with Crippen LogP contribution in [0.3, 0.4) is 0 Å². The maximum absolute atomic E-state index is 12.2. The van der Waals surface area contributed by atoms with Gasteiger partial charge in [-0.25, -0.2) is 9.48 Å². The molecule has 2 atom stereocenters. The van der Waals surface area contributed by atoms with E-state index >= 15 is 0 Å². The van der Waals surface area contributed by atoms with Gasteiger partial charge in [0, 0.05) is 6.07 Å². The second-order valence-corrected chi connectivity index (χ2v) is 6.96. The molecule has 12 heteroatoms. The number of aromatic nitrogens is 2. The fourth-order valence-corrected chi connectivity index (χ4v) is 2.67. The van der Waals surface area contributed by atoms with Crippen LogP contribution in [-0.2, 0) is 20.9 Å². The molecule has 2 heterocycles. The van der Waals surface area contributed by atoms with Gasteiger partial charge in [0.15, 0.2) is 0 Å². The Balaban J connectivity index is 0.000000423. The lowest BCUT2D eigenvalue weighted by Gasteiger charge is -2.26. The number of rotatable bonds is 5. The molecule has 2 unspecified atom stereocenters. The summed E-state index contributed by atoms with van der Waals surface area (Å²) in [6, 6.07) is 10.6. The Bertz CT molecular complexity index is 980. The maximum atomic E-state index is 12.2. The molecule has 0 spiro atoms. The van der Waals surface area contributed by atoms with Crippen LogP contribution in [0.1, 0.15) is 12.5 Å². The summed E-state index contributed by atoms with van der Waals surface area (Å²) in [5.41, 5.74) is 0.196. The number of carboxylic acids is 2. The standard InChI is InChI=1S/C17H19N3O4.C2HF3O2/c1-17(16(22)23)11-24-10-14(17)19-13-7-15(21)20(18-8-13)9-12-5-3-2-4-6-12;3-2(4,5)1(6)7/h2-8,14,19H,9-11H2,1H3,(H,22,23);(H,6,7). The minimum atomic E-state index is -5.08. The van der Waals surface area contributed by atoms with Crippen molar-refractivity contribution in [3.05, 3.63) is 58.5 Å². The van der Waals surface area contributed by atoms with Gasteiger partial charge in [-0.15, -0.1) is 0 Å². The summed E-state index contributed by atoms with van der Waals surface area (Å²) in [5.74, 6) is -3.68. The summed E-state index contributed by atoms with van der Waals surface area (Å²) < 4.78 is 38.4. The number of anilines is 1. The largest absolute Gasteiger partial charge is 0.490 e. The molecule has 1 aromatic carbocycles. The van der Waals surface area contributed by atoms with Crippen molar-refractivity contribution in [3.63, 3.8) is 0 Å². The molecule has 1 aliphatic rings. The highest BCUT2D eigenvalue weighted by molar-refractivity contribution is 5.76. The first kappa shape index (κ1) is 23.9. The predicted molar refractivity (Wildman–Crippen MR) is 102 cm³/mol. The van der Waals surface area contributed by atoms with Crippen LogP contribution < -0.4 is 10.9 Å². The van der Waals surface area contributed by atoms with E-state index in [4.69, 9.17) is 14.6 Å². The molecule has 9 nitrogen and oxygen atoms in total. The highest BCUT2D eigenvalue weighted by Gasteiger charge is 2.46. The van der Waals surface area contributed by atoms with Crippen LogP contribution in [0.2, 0.25) is 0 Å². The third-order valence-corrected chi connectivity index (χ3v) is 4.57. The zero-order valence-corrected chi connectivity index (χ0v) is 16.3. The van der Waals surface area contributed by atoms with Gasteiger partial charge in [0.2, 0.25) is 0 Å². The fourth-order valence-electron chi connectivity index (χ4n) is 2.67. The van der Waals surface area contributed by atoms with E-state index in [9.17, 15) is 27.9 Å². The normalized spacial score (nSPS) is 20.5. The highest BCUT2D eigenvalue weighted by atomic mass is 19.4. The van der Waals surface area contributed by atoms with E-state index in [1.54, 1.807) is 6.92 Å².